The average Bonchev–Trinajstić information content (AvgIpc) is 2.87. The highest BCUT2D eigenvalue weighted by Gasteiger charge is 2.45. The Labute approximate surface area is 202 Å². The topological polar surface area (TPSA) is 105 Å². The van der Waals surface area contributed by atoms with E-state index in [2.05, 4.69) is 24.3 Å². The first-order valence-electron chi connectivity index (χ1n) is 11.5. The van der Waals surface area contributed by atoms with Gasteiger partial charge < -0.3 is 20.9 Å². The van der Waals surface area contributed by atoms with Crippen LogP contribution in [0.15, 0.2) is 77.7 Å². The van der Waals surface area contributed by atoms with Crippen LogP contribution in [0.5, 0.6) is 5.75 Å². The third-order valence-electron chi connectivity index (χ3n) is 6.19. The van der Waals surface area contributed by atoms with Gasteiger partial charge in [0.15, 0.2) is 0 Å². The van der Waals surface area contributed by atoms with Crippen LogP contribution in [0.3, 0.4) is 0 Å². The Bertz CT molecular complexity index is 1140. The van der Waals surface area contributed by atoms with Gasteiger partial charge in [0.2, 0.25) is 5.91 Å². The van der Waals surface area contributed by atoms with Crippen LogP contribution in [0.1, 0.15) is 24.8 Å². The number of carbonyl (C=O) groups excluding carboxylic acids is 1. The van der Waals surface area contributed by atoms with Gasteiger partial charge in [0, 0.05) is 23.8 Å². The van der Waals surface area contributed by atoms with Gasteiger partial charge in [0.1, 0.15) is 10.5 Å². The average molecular weight is 479 g/mol. The first kappa shape index (κ1) is 24.0. The van der Waals surface area contributed by atoms with Crippen LogP contribution in [0.4, 0.5) is 5.69 Å². The molecule has 34 heavy (non-hydrogen) atoms. The van der Waals surface area contributed by atoms with Crippen LogP contribution in [0.25, 0.3) is 11.1 Å². The third kappa shape index (κ3) is 5.48. The molecule has 1 fully saturated rings. The van der Waals surface area contributed by atoms with Crippen LogP contribution in [-0.2, 0) is 26.8 Å². The molecule has 1 amide bonds. The molecule has 0 radical (unpaired) electrons. The number of hydrogen-bond donors (Lipinski definition) is 2. The van der Waals surface area contributed by atoms with Gasteiger partial charge in [-0.3, -0.25) is 9.00 Å². The molecule has 1 aliphatic rings. The monoisotopic (exact) mass is 478 g/mol. The van der Waals surface area contributed by atoms with Gasteiger partial charge in [-0.25, -0.2) is 0 Å². The molecule has 178 valence electrons. The summed E-state index contributed by atoms with van der Waals surface area (Å²) in [4.78, 5) is 12.7. The van der Waals surface area contributed by atoms with Crippen molar-refractivity contribution in [1.29, 1.82) is 0 Å². The highest BCUT2D eigenvalue weighted by Crippen LogP contribution is 2.32. The Morgan fingerprint density at radius 3 is 2.35 bits per heavy atom. The van der Waals surface area contributed by atoms with Crippen molar-refractivity contribution in [2.75, 3.05) is 25.6 Å². The van der Waals surface area contributed by atoms with Gasteiger partial charge in [-0.15, -0.1) is 0 Å². The number of aryl methyl sites for hydroxylation is 1. The van der Waals surface area contributed by atoms with Gasteiger partial charge in [-0.1, -0.05) is 36.4 Å². The lowest BCUT2D eigenvalue weighted by Gasteiger charge is -2.33. The summed E-state index contributed by atoms with van der Waals surface area (Å²) < 4.78 is 23.3. The number of nitrogens with two attached hydrogens (primary N) is 2. The zero-order valence-electron chi connectivity index (χ0n) is 19.1. The number of carbonyl (C=O) groups is 1. The van der Waals surface area contributed by atoms with Crippen LogP contribution in [-0.4, -0.2) is 34.7 Å². The maximum absolute atomic E-state index is 13.1. The molecular weight excluding hydrogens is 448 g/mol. The number of primary amides is 1. The largest absolute Gasteiger partial charge is 0.494 e. The Morgan fingerprint density at radius 2 is 1.68 bits per heavy atom. The van der Waals surface area contributed by atoms with E-state index in [1.165, 1.54) is 11.1 Å². The molecule has 0 aliphatic carbocycles. The number of rotatable bonds is 9. The molecule has 3 aromatic carbocycles. The Hall–Kier alpha value is -3.16. The fourth-order valence-electron chi connectivity index (χ4n) is 4.16. The number of hydrogen-bond acceptors (Lipinski definition) is 5. The number of ether oxygens (including phenoxy) is 2. The third-order valence-corrected chi connectivity index (χ3v) is 8.21. The minimum atomic E-state index is -1.54. The molecule has 1 heterocycles. The summed E-state index contributed by atoms with van der Waals surface area (Å²) in [6, 6.07) is 23.5. The Kier molecular flexibility index (Phi) is 7.65. The van der Waals surface area contributed by atoms with Crippen molar-refractivity contribution in [2.45, 2.75) is 35.3 Å². The van der Waals surface area contributed by atoms with Crippen molar-refractivity contribution in [2.24, 2.45) is 5.73 Å². The zero-order chi connectivity index (χ0) is 24.0. The fourth-order valence-corrected chi connectivity index (χ4v) is 5.71. The van der Waals surface area contributed by atoms with Gasteiger partial charge in [-0.05, 0) is 78.8 Å². The van der Waals surface area contributed by atoms with E-state index in [0.717, 1.165) is 24.1 Å². The minimum absolute atomic E-state index is 0.368. The molecule has 4 rings (SSSR count). The highest BCUT2D eigenvalue weighted by molar-refractivity contribution is 7.87. The lowest BCUT2D eigenvalue weighted by Crippen LogP contribution is -2.51. The second-order valence-corrected chi connectivity index (χ2v) is 10.3. The number of nitrogen functional groups attached to an aromatic ring is 1. The predicted octanol–water partition coefficient (Wildman–Crippen LogP) is 4.09. The maximum Gasteiger partial charge on any atom is 0.236 e. The summed E-state index contributed by atoms with van der Waals surface area (Å²) in [7, 11) is -1.54. The van der Waals surface area contributed by atoms with Crippen molar-refractivity contribution < 1.29 is 18.5 Å². The van der Waals surface area contributed by atoms with Crippen molar-refractivity contribution in [3.05, 3.63) is 78.4 Å². The fraction of sp³-hybridized carbons (Fsp3) is 0.296. The molecule has 4 N–H and O–H groups in total. The molecule has 0 aromatic heterocycles. The van der Waals surface area contributed by atoms with E-state index < -0.39 is 21.5 Å². The number of amides is 1. The summed E-state index contributed by atoms with van der Waals surface area (Å²) in [5.41, 5.74) is 15.7. The SMILES string of the molecule is NC(=O)C1(S(=O)c2ccc(OCCCc3cccc(-c4ccc(N)cc4)c3)cc2)CCOCC1. The molecule has 3 aromatic rings. The highest BCUT2D eigenvalue weighted by atomic mass is 32.2. The van der Waals surface area contributed by atoms with Crippen LogP contribution < -0.4 is 16.2 Å². The molecular formula is C27H30N2O4S. The molecule has 0 saturated carbocycles. The summed E-state index contributed by atoms with van der Waals surface area (Å²) in [5, 5.41) is 0. The van der Waals surface area contributed by atoms with Crippen molar-refractivity contribution in [1.82, 2.24) is 0 Å². The molecule has 0 bridgehead atoms. The lowest BCUT2D eigenvalue weighted by molar-refractivity contribution is -0.122. The second-order valence-electron chi connectivity index (χ2n) is 8.49. The minimum Gasteiger partial charge on any atom is -0.494 e. The normalized spacial score (nSPS) is 16.0. The number of benzene rings is 3. The van der Waals surface area contributed by atoms with Gasteiger partial charge in [0.25, 0.3) is 0 Å². The Morgan fingerprint density at radius 1 is 0.971 bits per heavy atom. The molecule has 1 unspecified atom stereocenters. The summed E-state index contributed by atoms with van der Waals surface area (Å²) in [6.45, 7) is 1.34. The van der Waals surface area contributed by atoms with Crippen LogP contribution >= 0.6 is 0 Å². The molecule has 1 atom stereocenters. The van der Waals surface area contributed by atoms with E-state index >= 15 is 0 Å². The van der Waals surface area contributed by atoms with Crippen LogP contribution in [0.2, 0.25) is 0 Å². The predicted molar refractivity (Wildman–Crippen MR) is 135 cm³/mol. The smallest absolute Gasteiger partial charge is 0.236 e. The van der Waals surface area contributed by atoms with Gasteiger partial charge in [-0.2, -0.15) is 0 Å². The quantitative estimate of drug-likeness (QED) is 0.356. The van der Waals surface area contributed by atoms with Gasteiger partial charge in [0.05, 0.1) is 17.4 Å². The van der Waals surface area contributed by atoms with E-state index in [4.69, 9.17) is 20.9 Å². The Balaban J connectivity index is 1.30. The lowest BCUT2D eigenvalue weighted by atomic mass is 9.98. The molecule has 1 saturated heterocycles. The molecule has 0 spiro atoms. The standard InChI is InChI=1S/C27H30N2O4S/c28-23-8-6-21(7-9-23)22-5-1-3-20(19-22)4-2-16-33-24-10-12-25(13-11-24)34(31)27(26(29)30)14-17-32-18-15-27/h1,3,5-13,19H,2,4,14-18,28H2,(H2,29,30). The molecule has 6 nitrogen and oxygen atoms in total. The van der Waals surface area contributed by atoms with E-state index in [0.29, 0.717) is 43.3 Å². The molecule has 1 aliphatic heterocycles. The van der Waals surface area contributed by atoms with Crippen molar-refractivity contribution in [3.63, 3.8) is 0 Å². The van der Waals surface area contributed by atoms with Gasteiger partial charge >= 0.3 is 0 Å². The first-order chi connectivity index (χ1) is 16.5. The maximum atomic E-state index is 13.1. The van der Waals surface area contributed by atoms with Crippen molar-refractivity contribution in [3.8, 4) is 16.9 Å². The van der Waals surface area contributed by atoms with E-state index in [-0.39, 0.29) is 0 Å². The van der Waals surface area contributed by atoms with E-state index in [9.17, 15) is 9.00 Å². The second kappa shape index (κ2) is 10.8. The first-order valence-corrected chi connectivity index (χ1v) is 12.6. The summed E-state index contributed by atoms with van der Waals surface area (Å²) in [6.07, 6.45) is 2.50. The van der Waals surface area contributed by atoms with E-state index in [1.807, 2.05) is 24.3 Å². The van der Waals surface area contributed by atoms with Crippen LogP contribution in [0, 0.1) is 0 Å². The number of anilines is 1. The summed E-state index contributed by atoms with van der Waals surface area (Å²) in [5.74, 6) is 0.173. The van der Waals surface area contributed by atoms with Crippen molar-refractivity contribution >= 4 is 22.4 Å². The summed E-state index contributed by atoms with van der Waals surface area (Å²) >= 11 is 0. The zero-order valence-corrected chi connectivity index (χ0v) is 19.9. The van der Waals surface area contributed by atoms with E-state index in [1.54, 1.807) is 24.3 Å². The molecule has 7 heteroatoms.